The molecule has 1 atom stereocenters. The molecule has 0 bridgehead atoms. The SMILES string of the molecule is CN1C(=O)c2ccccc2N2C(=O)CC[C@]12C(=O)Nc1ccc(C#N)cc1. The summed E-state index contributed by atoms with van der Waals surface area (Å²) < 4.78 is 0. The second-order valence-electron chi connectivity index (χ2n) is 6.57. The topological polar surface area (TPSA) is 93.5 Å². The highest BCUT2D eigenvalue weighted by Gasteiger charge is 2.59. The van der Waals surface area contributed by atoms with Crippen LogP contribution in [0.25, 0.3) is 0 Å². The summed E-state index contributed by atoms with van der Waals surface area (Å²) >= 11 is 0. The van der Waals surface area contributed by atoms with Crippen molar-refractivity contribution in [1.82, 2.24) is 4.90 Å². The Hall–Kier alpha value is -3.66. The Balaban J connectivity index is 1.77. The zero-order valence-electron chi connectivity index (χ0n) is 14.6. The van der Waals surface area contributed by atoms with E-state index >= 15 is 0 Å². The molecule has 0 saturated carbocycles. The molecule has 0 unspecified atom stereocenters. The van der Waals surface area contributed by atoms with Gasteiger partial charge in [-0.2, -0.15) is 5.26 Å². The van der Waals surface area contributed by atoms with Crippen LogP contribution >= 0.6 is 0 Å². The van der Waals surface area contributed by atoms with Crippen molar-refractivity contribution in [2.75, 3.05) is 17.3 Å². The van der Waals surface area contributed by atoms with Gasteiger partial charge in [0, 0.05) is 25.6 Å². The van der Waals surface area contributed by atoms with Gasteiger partial charge in [0.05, 0.1) is 22.9 Å². The van der Waals surface area contributed by atoms with Gasteiger partial charge >= 0.3 is 0 Å². The average Bonchev–Trinajstić information content (AvgIpc) is 3.05. The van der Waals surface area contributed by atoms with Crippen molar-refractivity contribution in [1.29, 1.82) is 5.26 Å². The smallest absolute Gasteiger partial charge is 0.271 e. The van der Waals surface area contributed by atoms with Gasteiger partial charge in [-0.05, 0) is 36.4 Å². The number of amides is 3. The standard InChI is InChI=1S/C20H16N4O3/c1-23-18(26)15-4-2-3-5-16(15)24-17(25)10-11-20(23,24)19(27)22-14-8-6-13(12-21)7-9-14/h2-9H,10-11H2,1H3,(H,22,27)/t20-/m0/s1. The number of carbonyl (C=O) groups excluding carboxylic acids is 3. The molecule has 2 heterocycles. The molecule has 0 aliphatic carbocycles. The normalized spacial score (nSPS) is 20.7. The Bertz CT molecular complexity index is 1010. The fourth-order valence-corrected chi connectivity index (χ4v) is 3.79. The summed E-state index contributed by atoms with van der Waals surface area (Å²) in [6.07, 6.45) is 0.386. The van der Waals surface area contributed by atoms with Gasteiger partial charge in [0.1, 0.15) is 0 Å². The molecule has 1 N–H and O–H groups in total. The number of nitriles is 1. The number of rotatable bonds is 2. The molecule has 3 amide bonds. The van der Waals surface area contributed by atoms with Crippen molar-refractivity contribution < 1.29 is 14.4 Å². The summed E-state index contributed by atoms with van der Waals surface area (Å²) in [7, 11) is 1.54. The predicted molar refractivity (Wildman–Crippen MR) is 97.8 cm³/mol. The Morgan fingerprint density at radius 1 is 1.15 bits per heavy atom. The number of benzene rings is 2. The van der Waals surface area contributed by atoms with Crippen molar-refractivity contribution in [3.05, 3.63) is 59.7 Å². The van der Waals surface area contributed by atoms with E-state index in [9.17, 15) is 14.4 Å². The first-order chi connectivity index (χ1) is 13.0. The van der Waals surface area contributed by atoms with Gasteiger partial charge in [-0.3, -0.25) is 19.3 Å². The molecule has 1 fully saturated rings. The number of anilines is 2. The molecule has 27 heavy (non-hydrogen) atoms. The van der Waals surface area contributed by atoms with Gasteiger partial charge in [-0.15, -0.1) is 0 Å². The van der Waals surface area contributed by atoms with Crippen LogP contribution in [-0.2, 0) is 9.59 Å². The number of likely N-dealkylation sites (N-methyl/N-ethyl adjacent to an activating group) is 1. The minimum Gasteiger partial charge on any atom is -0.322 e. The van der Waals surface area contributed by atoms with Crippen LogP contribution in [0.5, 0.6) is 0 Å². The lowest BCUT2D eigenvalue weighted by Crippen LogP contribution is -2.68. The molecule has 2 aromatic rings. The Morgan fingerprint density at radius 3 is 2.56 bits per heavy atom. The fourth-order valence-electron chi connectivity index (χ4n) is 3.79. The first-order valence-electron chi connectivity index (χ1n) is 8.51. The molecule has 134 valence electrons. The lowest BCUT2D eigenvalue weighted by atomic mass is 9.96. The number of hydrogen-bond acceptors (Lipinski definition) is 4. The van der Waals surface area contributed by atoms with Crippen molar-refractivity contribution in [2.24, 2.45) is 0 Å². The van der Waals surface area contributed by atoms with E-state index in [1.807, 2.05) is 6.07 Å². The molecule has 7 heteroatoms. The van der Waals surface area contributed by atoms with Crippen LogP contribution in [0.3, 0.4) is 0 Å². The van der Waals surface area contributed by atoms with E-state index in [4.69, 9.17) is 5.26 Å². The minimum atomic E-state index is -1.41. The van der Waals surface area contributed by atoms with E-state index < -0.39 is 11.6 Å². The molecular formula is C20H16N4O3. The van der Waals surface area contributed by atoms with Crippen LogP contribution in [0, 0.1) is 11.3 Å². The molecule has 2 aliphatic rings. The third-order valence-electron chi connectivity index (χ3n) is 5.18. The summed E-state index contributed by atoms with van der Waals surface area (Å²) in [4.78, 5) is 41.6. The van der Waals surface area contributed by atoms with Crippen LogP contribution in [-0.4, -0.2) is 35.3 Å². The van der Waals surface area contributed by atoms with Crippen LogP contribution in [0.2, 0.25) is 0 Å². The largest absolute Gasteiger partial charge is 0.322 e. The maximum atomic E-state index is 13.3. The van der Waals surface area contributed by atoms with E-state index in [2.05, 4.69) is 5.32 Å². The first-order valence-corrected chi connectivity index (χ1v) is 8.51. The Morgan fingerprint density at radius 2 is 1.85 bits per heavy atom. The van der Waals surface area contributed by atoms with Crippen molar-refractivity contribution >= 4 is 29.1 Å². The molecule has 7 nitrogen and oxygen atoms in total. The highest BCUT2D eigenvalue weighted by Crippen LogP contribution is 2.44. The molecule has 1 saturated heterocycles. The number of nitrogens with zero attached hydrogens (tertiary/aromatic N) is 3. The van der Waals surface area contributed by atoms with Crippen LogP contribution in [0.15, 0.2) is 48.5 Å². The van der Waals surface area contributed by atoms with E-state index in [1.54, 1.807) is 55.6 Å². The summed E-state index contributed by atoms with van der Waals surface area (Å²) in [5, 5.41) is 11.7. The molecule has 0 radical (unpaired) electrons. The minimum absolute atomic E-state index is 0.173. The lowest BCUT2D eigenvalue weighted by Gasteiger charge is -2.47. The maximum Gasteiger partial charge on any atom is 0.271 e. The molecule has 0 aromatic heterocycles. The van der Waals surface area contributed by atoms with Gasteiger partial charge < -0.3 is 10.2 Å². The summed E-state index contributed by atoms with van der Waals surface area (Å²) in [6.45, 7) is 0. The second kappa shape index (κ2) is 5.95. The van der Waals surface area contributed by atoms with E-state index in [0.29, 0.717) is 22.5 Å². The monoisotopic (exact) mass is 360 g/mol. The van der Waals surface area contributed by atoms with Crippen LogP contribution < -0.4 is 10.2 Å². The molecule has 4 rings (SSSR count). The number of carbonyl (C=O) groups is 3. The summed E-state index contributed by atoms with van der Waals surface area (Å²) in [5.41, 5.74) is 0.418. The van der Waals surface area contributed by atoms with Gasteiger partial charge in [0.25, 0.3) is 11.8 Å². The van der Waals surface area contributed by atoms with Crippen molar-refractivity contribution in [2.45, 2.75) is 18.5 Å². The molecule has 2 aromatic carbocycles. The Kier molecular flexibility index (Phi) is 3.70. The van der Waals surface area contributed by atoms with E-state index in [-0.39, 0.29) is 24.7 Å². The van der Waals surface area contributed by atoms with Gasteiger partial charge in [-0.25, -0.2) is 0 Å². The zero-order chi connectivity index (χ0) is 19.2. The van der Waals surface area contributed by atoms with Gasteiger partial charge in [0.15, 0.2) is 0 Å². The highest BCUT2D eigenvalue weighted by atomic mass is 16.2. The number of nitrogens with one attached hydrogen (secondary N) is 1. The highest BCUT2D eigenvalue weighted by molar-refractivity contribution is 6.18. The first kappa shape index (κ1) is 16.8. The van der Waals surface area contributed by atoms with Crippen molar-refractivity contribution in [3.8, 4) is 6.07 Å². The van der Waals surface area contributed by atoms with Crippen LogP contribution in [0.4, 0.5) is 11.4 Å². The van der Waals surface area contributed by atoms with E-state index in [0.717, 1.165) is 0 Å². The number of fused-ring (bicyclic) bond motifs is 3. The van der Waals surface area contributed by atoms with Crippen LogP contribution in [0.1, 0.15) is 28.8 Å². The van der Waals surface area contributed by atoms with Gasteiger partial charge in [0.2, 0.25) is 11.6 Å². The summed E-state index contributed by atoms with van der Waals surface area (Å²) in [5.74, 6) is -0.952. The quantitative estimate of drug-likeness (QED) is 0.887. The third-order valence-corrected chi connectivity index (χ3v) is 5.18. The van der Waals surface area contributed by atoms with E-state index in [1.165, 1.54) is 9.80 Å². The number of hydrogen-bond donors (Lipinski definition) is 1. The molecular weight excluding hydrogens is 344 g/mol. The van der Waals surface area contributed by atoms with Gasteiger partial charge in [-0.1, -0.05) is 12.1 Å². The van der Waals surface area contributed by atoms with Crippen molar-refractivity contribution in [3.63, 3.8) is 0 Å². The Labute approximate surface area is 155 Å². The molecule has 2 aliphatic heterocycles. The second-order valence-corrected chi connectivity index (χ2v) is 6.57. The third kappa shape index (κ3) is 2.30. The maximum absolute atomic E-state index is 13.3. The lowest BCUT2D eigenvalue weighted by molar-refractivity contribution is -0.128. The fraction of sp³-hybridized carbons (Fsp3) is 0.200. The molecule has 0 spiro atoms. The summed E-state index contributed by atoms with van der Waals surface area (Å²) in [6, 6.07) is 15.3. The predicted octanol–water partition coefficient (Wildman–Crippen LogP) is 2.11. The zero-order valence-corrected chi connectivity index (χ0v) is 14.6. The number of para-hydroxylation sites is 1. The average molecular weight is 360 g/mol.